The van der Waals surface area contributed by atoms with Gasteiger partial charge in [-0.2, -0.15) is 18.2 Å². The summed E-state index contributed by atoms with van der Waals surface area (Å²) in [6, 6.07) is 6.39. The first kappa shape index (κ1) is 20.9. The lowest BCUT2D eigenvalue weighted by Gasteiger charge is -2.08. The van der Waals surface area contributed by atoms with Crippen LogP contribution < -0.4 is 9.44 Å². The number of fused-ring (bicyclic) bond motifs is 1. The van der Waals surface area contributed by atoms with Crippen LogP contribution in [0.1, 0.15) is 42.9 Å². The fraction of sp³-hybridized carbons (Fsp3) is 0.364. The molecule has 0 bridgehead atoms. The Bertz CT molecular complexity index is 1330. The molecular formula is C22H24FN5O3S. The van der Waals surface area contributed by atoms with Gasteiger partial charge in [-0.3, -0.25) is 9.48 Å². The van der Waals surface area contributed by atoms with Crippen molar-refractivity contribution in [3.8, 4) is 5.82 Å². The molecule has 2 fully saturated rings. The maximum Gasteiger partial charge on any atom is 0.301 e. The Balaban J connectivity index is 1.45. The van der Waals surface area contributed by atoms with Crippen LogP contribution in [-0.4, -0.2) is 35.2 Å². The van der Waals surface area contributed by atoms with Crippen molar-refractivity contribution in [2.24, 2.45) is 13.0 Å². The third kappa shape index (κ3) is 4.33. The molecular weight excluding hydrogens is 433 g/mol. The van der Waals surface area contributed by atoms with Crippen LogP contribution in [0.2, 0.25) is 0 Å². The molecule has 0 atom stereocenters. The molecule has 0 spiro atoms. The minimum Gasteiger partial charge on any atom is -0.301 e. The summed E-state index contributed by atoms with van der Waals surface area (Å²) in [5.74, 6) is 0.353. The fourth-order valence-electron chi connectivity index (χ4n) is 3.86. The fourth-order valence-corrected chi connectivity index (χ4v) is 4.72. The van der Waals surface area contributed by atoms with E-state index in [2.05, 4.69) is 9.82 Å². The second-order valence-corrected chi connectivity index (χ2v) is 10.0. The maximum absolute atomic E-state index is 13.6. The second kappa shape index (κ2) is 7.86. The molecule has 2 aromatic heterocycles. The second-order valence-electron chi connectivity index (χ2n) is 8.50. The number of nitrogens with zero attached hydrogens (tertiary/aromatic N) is 3. The summed E-state index contributed by atoms with van der Waals surface area (Å²) in [6.45, 7) is 0.339. The molecule has 0 radical (unpaired) electrons. The predicted molar refractivity (Wildman–Crippen MR) is 119 cm³/mol. The predicted octanol–water partition coefficient (Wildman–Crippen LogP) is 2.75. The van der Waals surface area contributed by atoms with Crippen LogP contribution >= 0.6 is 0 Å². The number of benzene rings is 1. The molecule has 32 heavy (non-hydrogen) atoms. The number of hydrogen-bond donors (Lipinski definition) is 2. The number of carbonyl (C=O) groups excluding carboxylic acids is 1. The summed E-state index contributed by atoms with van der Waals surface area (Å²) in [6.07, 6.45) is 8.70. The molecule has 1 amide bonds. The Labute approximate surface area is 185 Å². The van der Waals surface area contributed by atoms with Gasteiger partial charge >= 0.3 is 10.2 Å². The van der Waals surface area contributed by atoms with Gasteiger partial charge in [0.25, 0.3) is 5.91 Å². The van der Waals surface area contributed by atoms with E-state index in [1.165, 1.54) is 18.2 Å². The molecule has 10 heteroatoms. The van der Waals surface area contributed by atoms with Crippen molar-refractivity contribution in [3.05, 3.63) is 53.6 Å². The van der Waals surface area contributed by atoms with E-state index in [1.807, 2.05) is 28.6 Å². The zero-order valence-electron chi connectivity index (χ0n) is 17.6. The molecule has 2 aliphatic rings. The lowest BCUT2D eigenvalue weighted by Crippen LogP contribution is -2.40. The van der Waals surface area contributed by atoms with Crippen LogP contribution in [0.4, 0.5) is 4.39 Å². The third-order valence-electron chi connectivity index (χ3n) is 5.82. The Morgan fingerprint density at radius 2 is 2.03 bits per heavy atom. The lowest BCUT2D eigenvalue weighted by atomic mass is 10.1. The van der Waals surface area contributed by atoms with Crippen molar-refractivity contribution >= 4 is 33.1 Å². The number of aryl methyl sites for hydroxylation is 1. The molecule has 0 unspecified atom stereocenters. The molecule has 3 aromatic rings. The number of rotatable bonds is 8. The molecule has 8 nitrogen and oxygen atoms in total. The summed E-state index contributed by atoms with van der Waals surface area (Å²) in [4.78, 5) is 12.4. The standard InChI is InChI=1S/C22H24FN5O3S/c1-27-22(28-11-10-16-12-17(23)6-8-19(16)28)18(21(25-27)15-4-5-15)7-9-20(29)26-32(30,31)24-13-14-2-3-14/h6-12,14-15,24H,2-5,13H2,1H3,(H,26,29)/b9-7+. The minimum atomic E-state index is -3.90. The minimum absolute atomic E-state index is 0.306. The van der Waals surface area contributed by atoms with Gasteiger partial charge < -0.3 is 4.57 Å². The highest BCUT2D eigenvalue weighted by Gasteiger charge is 2.31. The zero-order chi connectivity index (χ0) is 22.5. The quantitative estimate of drug-likeness (QED) is 0.508. The van der Waals surface area contributed by atoms with Crippen LogP contribution in [0.5, 0.6) is 0 Å². The highest BCUT2D eigenvalue weighted by Crippen LogP contribution is 2.43. The molecule has 2 saturated carbocycles. The molecule has 168 valence electrons. The summed E-state index contributed by atoms with van der Waals surface area (Å²) < 4.78 is 45.9. The van der Waals surface area contributed by atoms with Gasteiger partial charge in [0.2, 0.25) is 0 Å². The lowest BCUT2D eigenvalue weighted by molar-refractivity contribution is -0.114. The normalized spacial score (nSPS) is 16.8. The van der Waals surface area contributed by atoms with Crippen LogP contribution in [0.25, 0.3) is 22.8 Å². The molecule has 0 saturated heterocycles. The Kier molecular flexibility index (Phi) is 5.13. The Morgan fingerprint density at radius 1 is 1.25 bits per heavy atom. The van der Waals surface area contributed by atoms with Gasteiger partial charge in [-0.15, -0.1) is 0 Å². The van der Waals surface area contributed by atoms with E-state index in [0.29, 0.717) is 18.4 Å². The monoisotopic (exact) mass is 457 g/mol. The largest absolute Gasteiger partial charge is 0.301 e. The zero-order valence-corrected chi connectivity index (χ0v) is 18.4. The number of nitrogens with one attached hydrogen (secondary N) is 2. The van der Waals surface area contributed by atoms with E-state index >= 15 is 0 Å². The van der Waals surface area contributed by atoms with Crippen molar-refractivity contribution in [3.63, 3.8) is 0 Å². The first-order valence-electron chi connectivity index (χ1n) is 10.6. The van der Waals surface area contributed by atoms with Gasteiger partial charge in [0.1, 0.15) is 11.6 Å². The molecule has 2 aliphatic carbocycles. The molecule has 2 heterocycles. The van der Waals surface area contributed by atoms with Gasteiger partial charge in [-0.1, -0.05) is 0 Å². The van der Waals surface area contributed by atoms with Gasteiger partial charge in [0, 0.05) is 42.7 Å². The van der Waals surface area contributed by atoms with E-state index < -0.39 is 16.1 Å². The number of carbonyl (C=O) groups is 1. The van der Waals surface area contributed by atoms with E-state index in [-0.39, 0.29) is 5.82 Å². The number of amides is 1. The van der Waals surface area contributed by atoms with Crippen molar-refractivity contribution in [1.29, 1.82) is 0 Å². The molecule has 0 aliphatic heterocycles. The number of hydrogen-bond acceptors (Lipinski definition) is 4. The van der Waals surface area contributed by atoms with Crippen LogP contribution in [0.3, 0.4) is 0 Å². The summed E-state index contributed by atoms with van der Waals surface area (Å²) >= 11 is 0. The summed E-state index contributed by atoms with van der Waals surface area (Å²) in [7, 11) is -2.08. The highest BCUT2D eigenvalue weighted by atomic mass is 32.2. The Hall–Kier alpha value is -2.98. The van der Waals surface area contributed by atoms with Crippen molar-refractivity contribution in [2.75, 3.05) is 6.54 Å². The number of aromatic nitrogens is 3. The molecule has 5 rings (SSSR count). The summed E-state index contributed by atoms with van der Waals surface area (Å²) in [5, 5.41) is 5.42. The molecule has 2 N–H and O–H groups in total. The average Bonchev–Trinajstić information content (AvgIpc) is 3.65. The van der Waals surface area contributed by atoms with Crippen LogP contribution in [0, 0.1) is 11.7 Å². The SMILES string of the molecule is Cn1nc(C2CC2)c(/C=C/C(=O)NS(=O)(=O)NCC2CC2)c1-n1ccc2cc(F)ccc21. The van der Waals surface area contributed by atoms with Gasteiger partial charge in [0.15, 0.2) is 0 Å². The summed E-state index contributed by atoms with van der Waals surface area (Å²) in [5.41, 5.74) is 2.42. The van der Waals surface area contributed by atoms with Crippen molar-refractivity contribution < 1.29 is 17.6 Å². The van der Waals surface area contributed by atoms with E-state index in [9.17, 15) is 17.6 Å². The third-order valence-corrected chi connectivity index (χ3v) is 6.84. The molecule has 1 aromatic carbocycles. The van der Waals surface area contributed by atoms with E-state index in [0.717, 1.165) is 53.7 Å². The van der Waals surface area contributed by atoms with Gasteiger partial charge in [-0.25, -0.2) is 9.11 Å². The Morgan fingerprint density at radius 3 is 2.75 bits per heavy atom. The number of halogens is 1. The van der Waals surface area contributed by atoms with Crippen LogP contribution in [-0.2, 0) is 22.1 Å². The smallest absolute Gasteiger partial charge is 0.301 e. The highest BCUT2D eigenvalue weighted by molar-refractivity contribution is 7.88. The first-order valence-corrected chi connectivity index (χ1v) is 12.1. The van der Waals surface area contributed by atoms with E-state index in [1.54, 1.807) is 16.8 Å². The topological polar surface area (TPSA) is 98.0 Å². The van der Waals surface area contributed by atoms with Crippen LogP contribution in [0.15, 0.2) is 36.5 Å². The average molecular weight is 458 g/mol. The van der Waals surface area contributed by atoms with Gasteiger partial charge in [-0.05, 0) is 61.9 Å². The maximum atomic E-state index is 13.6. The van der Waals surface area contributed by atoms with Crippen molar-refractivity contribution in [1.82, 2.24) is 23.8 Å². The first-order chi connectivity index (χ1) is 15.3. The van der Waals surface area contributed by atoms with Gasteiger partial charge in [0.05, 0.1) is 11.2 Å². The van der Waals surface area contributed by atoms with E-state index in [4.69, 9.17) is 0 Å². The van der Waals surface area contributed by atoms with Crippen molar-refractivity contribution in [2.45, 2.75) is 31.6 Å².